The predicted octanol–water partition coefficient (Wildman–Crippen LogP) is 4.21. The second-order valence-electron chi connectivity index (χ2n) is 3.84. The summed E-state index contributed by atoms with van der Waals surface area (Å²) in [5.41, 5.74) is -0.313. The van der Waals surface area contributed by atoms with Crippen LogP contribution in [0.5, 0.6) is 5.75 Å². The number of halogens is 3. The minimum Gasteiger partial charge on any atom is -0.482 e. The van der Waals surface area contributed by atoms with E-state index in [9.17, 15) is 4.39 Å². The quantitative estimate of drug-likeness (QED) is 0.618. The molecule has 0 bridgehead atoms. The molecule has 1 saturated carbocycles. The Balaban J connectivity index is 2.47. The van der Waals surface area contributed by atoms with E-state index in [0.717, 1.165) is 12.8 Å². The molecule has 1 aliphatic rings. The summed E-state index contributed by atoms with van der Waals surface area (Å²) in [6.07, 6.45) is 3.38. The summed E-state index contributed by atoms with van der Waals surface area (Å²) in [5, 5.41) is 8.93. The van der Waals surface area contributed by atoms with Crippen LogP contribution in [0.25, 0.3) is 0 Å². The molecule has 1 fully saturated rings. The van der Waals surface area contributed by atoms with Gasteiger partial charge in [-0.3, -0.25) is 0 Å². The van der Waals surface area contributed by atoms with Gasteiger partial charge in [-0.2, -0.15) is 5.26 Å². The van der Waals surface area contributed by atoms with E-state index < -0.39 is 11.4 Å². The van der Waals surface area contributed by atoms with Crippen LogP contribution in [0.15, 0.2) is 23.2 Å². The van der Waals surface area contributed by atoms with Gasteiger partial charge in [0.15, 0.2) is 5.82 Å². The molecule has 0 unspecified atom stereocenters. The van der Waals surface area contributed by atoms with Crippen molar-refractivity contribution in [2.24, 2.45) is 0 Å². The molecule has 0 spiro atoms. The Morgan fingerprint density at radius 1 is 1.65 bits per heavy atom. The van der Waals surface area contributed by atoms with Gasteiger partial charge in [-0.05, 0) is 34.8 Å². The van der Waals surface area contributed by atoms with Gasteiger partial charge in [0.25, 0.3) is 0 Å². The summed E-state index contributed by atoms with van der Waals surface area (Å²) in [6.45, 7) is 3.68. The smallest absolute Gasteiger partial charge is 0.157 e. The first-order chi connectivity index (χ1) is 8.03. The van der Waals surface area contributed by atoms with Crippen molar-refractivity contribution in [2.75, 3.05) is 0 Å². The maximum atomic E-state index is 13.5. The molecule has 0 N–H and O–H groups in total. The van der Waals surface area contributed by atoms with Gasteiger partial charge >= 0.3 is 0 Å². The Morgan fingerprint density at radius 2 is 2.29 bits per heavy atom. The zero-order chi connectivity index (χ0) is 12.6. The monoisotopic (exact) mass is 315 g/mol. The van der Waals surface area contributed by atoms with Gasteiger partial charge in [0.05, 0.1) is 9.50 Å². The maximum Gasteiger partial charge on any atom is 0.157 e. The summed E-state index contributed by atoms with van der Waals surface area (Å²) >= 11 is 8.72. The normalized spacial score (nSPS) is 16.1. The van der Waals surface area contributed by atoms with Crippen LogP contribution in [-0.2, 0) is 0 Å². The van der Waals surface area contributed by atoms with Crippen molar-refractivity contribution in [3.05, 3.63) is 39.6 Å². The molecule has 0 heterocycles. The number of benzene rings is 1. The third kappa shape index (κ3) is 2.18. The Hall–Kier alpha value is -1.05. The highest BCUT2D eigenvalue weighted by Gasteiger charge is 2.43. The molecule has 17 heavy (non-hydrogen) atoms. The number of ether oxygens (including phenoxy) is 1. The summed E-state index contributed by atoms with van der Waals surface area (Å²) in [7, 11) is 0. The van der Waals surface area contributed by atoms with E-state index in [1.54, 1.807) is 6.08 Å². The van der Waals surface area contributed by atoms with Crippen molar-refractivity contribution < 1.29 is 9.13 Å². The molecule has 5 heteroatoms. The van der Waals surface area contributed by atoms with E-state index in [0.29, 0.717) is 0 Å². The second-order valence-corrected chi connectivity index (χ2v) is 5.04. The SMILES string of the molecule is C=CC1(Oc2cc(Cl)c(F)c(Br)c2C#N)CC1. The van der Waals surface area contributed by atoms with E-state index >= 15 is 0 Å². The highest BCUT2D eigenvalue weighted by molar-refractivity contribution is 9.10. The standard InChI is InChI=1S/C12H8BrClFNO/c1-2-12(3-4-12)17-9-5-8(14)11(15)10(13)7(9)6-16/h2,5H,1,3-4H2. The predicted molar refractivity (Wildman–Crippen MR) is 66.6 cm³/mol. The van der Waals surface area contributed by atoms with E-state index in [4.69, 9.17) is 21.6 Å². The molecule has 1 aromatic carbocycles. The number of hydrogen-bond acceptors (Lipinski definition) is 2. The molecule has 0 aromatic heterocycles. The second kappa shape index (κ2) is 4.32. The van der Waals surface area contributed by atoms with Crippen molar-refractivity contribution in [1.82, 2.24) is 0 Å². The first kappa shape index (κ1) is 12.4. The highest BCUT2D eigenvalue weighted by Crippen LogP contribution is 2.44. The van der Waals surface area contributed by atoms with Crippen LogP contribution >= 0.6 is 27.5 Å². The first-order valence-electron chi connectivity index (χ1n) is 4.93. The Bertz CT molecular complexity index is 534. The van der Waals surface area contributed by atoms with Gasteiger partial charge < -0.3 is 4.74 Å². The Kier molecular flexibility index (Phi) is 3.15. The minimum atomic E-state index is -0.654. The zero-order valence-corrected chi connectivity index (χ0v) is 11.1. The highest BCUT2D eigenvalue weighted by atomic mass is 79.9. The van der Waals surface area contributed by atoms with Crippen molar-refractivity contribution in [3.63, 3.8) is 0 Å². The number of rotatable bonds is 3. The molecular weight excluding hydrogens is 308 g/mol. The van der Waals surface area contributed by atoms with Gasteiger partial charge in [0.2, 0.25) is 0 Å². The average molecular weight is 317 g/mol. The average Bonchev–Trinajstić information content (AvgIpc) is 3.07. The summed E-state index contributed by atoms with van der Waals surface area (Å²) in [6, 6.07) is 3.22. The van der Waals surface area contributed by atoms with Crippen LogP contribution < -0.4 is 4.74 Å². The number of hydrogen-bond donors (Lipinski definition) is 0. The molecule has 0 amide bonds. The maximum absolute atomic E-state index is 13.5. The minimum absolute atomic E-state index is 0.0300. The van der Waals surface area contributed by atoms with E-state index in [-0.39, 0.29) is 20.8 Å². The fourth-order valence-electron chi connectivity index (χ4n) is 1.45. The zero-order valence-electron chi connectivity index (χ0n) is 8.77. The molecule has 0 aliphatic heterocycles. The van der Waals surface area contributed by atoms with Crippen LogP contribution in [0.2, 0.25) is 5.02 Å². The summed E-state index contributed by atoms with van der Waals surface area (Å²) in [5.74, 6) is -0.373. The van der Waals surface area contributed by atoms with Gasteiger partial charge in [-0.15, -0.1) is 0 Å². The van der Waals surface area contributed by atoms with Crippen LogP contribution in [-0.4, -0.2) is 5.60 Å². The fraction of sp³-hybridized carbons (Fsp3) is 0.250. The lowest BCUT2D eigenvalue weighted by molar-refractivity contribution is 0.229. The molecular formula is C12H8BrClFNO. The van der Waals surface area contributed by atoms with Gasteiger partial charge in [-0.25, -0.2) is 4.39 Å². The van der Waals surface area contributed by atoms with E-state index in [2.05, 4.69) is 22.5 Å². The Morgan fingerprint density at radius 3 is 2.76 bits per heavy atom. The fourth-order valence-corrected chi connectivity index (χ4v) is 2.25. The number of nitrogens with zero attached hydrogens (tertiary/aromatic N) is 1. The van der Waals surface area contributed by atoms with Crippen molar-refractivity contribution >= 4 is 27.5 Å². The third-order valence-corrected chi connectivity index (χ3v) is 3.69. The first-order valence-corrected chi connectivity index (χ1v) is 6.10. The van der Waals surface area contributed by atoms with Crippen LogP contribution in [0.1, 0.15) is 18.4 Å². The molecule has 0 saturated heterocycles. The lowest BCUT2D eigenvalue weighted by Gasteiger charge is -2.16. The van der Waals surface area contributed by atoms with Crippen LogP contribution in [0, 0.1) is 17.1 Å². The van der Waals surface area contributed by atoms with Gasteiger partial charge in [0.1, 0.15) is 23.0 Å². The molecule has 0 atom stereocenters. The van der Waals surface area contributed by atoms with Crippen molar-refractivity contribution in [3.8, 4) is 11.8 Å². The molecule has 1 aromatic rings. The molecule has 2 rings (SSSR count). The van der Waals surface area contributed by atoms with E-state index in [1.807, 2.05) is 6.07 Å². The third-order valence-electron chi connectivity index (χ3n) is 2.67. The van der Waals surface area contributed by atoms with Gasteiger partial charge in [0, 0.05) is 6.07 Å². The van der Waals surface area contributed by atoms with Gasteiger partial charge in [-0.1, -0.05) is 18.2 Å². The Labute approximate surface area is 112 Å². The lowest BCUT2D eigenvalue weighted by Crippen LogP contribution is -2.15. The molecule has 0 radical (unpaired) electrons. The molecule has 2 nitrogen and oxygen atoms in total. The molecule has 88 valence electrons. The summed E-state index contributed by atoms with van der Waals surface area (Å²) < 4.78 is 19.2. The largest absolute Gasteiger partial charge is 0.482 e. The number of nitriles is 1. The molecule has 1 aliphatic carbocycles. The van der Waals surface area contributed by atoms with Crippen LogP contribution in [0.4, 0.5) is 4.39 Å². The summed E-state index contributed by atoms with van der Waals surface area (Å²) in [4.78, 5) is 0. The topological polar surface area (TPSA) is 33.0 Å². The van der Waals surface area contributed by atoms with E-state index in [1.165, 1.54) is 6.07 Å². The lowest BCUT2D eigenvalue weighted by atomic mass is 10.2. The van der Waals surface area contributed by atoms with Crippen molar-refractivity contribution in [2.45, 2.75) is 18.4 Å². The van der Waals surface area contributed by atoms with Crippen molar-refractivity contribution in [1.29, 1.82) is 5.26 Å². The van der Waals surface area contributed by atoms with Crippen LogP contribution in [0.3, 0.4) is 0 Å².